The lowest BCUT2D eigenvalue weighted by Crippen LogP contribution is -2.44. The van der Waals surface area contributed by atoms with Gasteiger partial charge in [-0.2, -0.15) is 0 Å². The minimum absolute atomic E-state index is 0.126. The number of aromatic nitrogens is 1. The van der Waals surface area contributed by atoms with Crippen molar-refractivity contribution in [1.82, 2.24) is 9.88 Å². The standard InChI is InChI=1S/C18H22N2O2/c1-12-11-20(8-9-22-12)18(21)13-6-7-17-15(10-13)14-4-2-3-5-16(14)19-17/h6-7,10,12,19H,2-5,8-9,11H2,1H3/t12-/m1/s1. The van der Waals surface area contributed by atoms with Crippen molar-refractivity contribution in [2.45, 2.75) is 38.7 Å². The Balaban J connectivity index is 1.68. The van der Waals surface area contributed by atoms with Crippen molar-refractivity contribution in [3.05, 3.63) is 35.0 Å². The van der Waals surface area contributed by atoms with Gasteiger partial charge in [0.15, 0.2) is 0 Å². The number of ether oxygens (including phenoxy) is 1. The van der Waals surface area contributed by atoms with Crippen molar-refractivity contribution >= 4 is 16.8 Å². The van der Waals surface area contributed by atoms with Crippen LogP contribution in [-0.2, 0) is 17.6 Å². The Morgan fingerprint density at radius 1 is 1.32 bits per heavy atom. The maximum atomic E-state index is 12.7. The Kier molecular flexibility index (Phi) is 3.41. The Labute approximate surface area is 130 Å². The largest absolute Gasteiger partial charge is 0.375 e. The number of benzene rings is 1. The van der Waals surface area contributed by atoms with Crippen molar-refractivity contribution in [2.75, 3.05) is 19.7 Å². The Hall–Kier alpha value is -1.81. The lowest BCUT2D eigenvalue weighted by atomic mass is 9.95. The van der Waals surface area contributed by atoms with Crippen molar-refractivity contribution < 1.29 is 9.53 Å². The summed E-state index contributed by atoms with van der Waals surface area (Å²) in [6.45, 7) is 4.02. The average Bonchev–Trinajstić information content (AvgIpc) is 2.92. The molecule has 0 unspecified atom stereocenters. The smallest absolute Gasteiger partial charge is 0.254 e. The lowest BCUT2D eigenvalue weighted by molar-refractivity contribution is -0.0124. The third kappa shape index (κ3) is 2.31. The average molecular weight is 298 g/mol. The third-order valence-corrected chi connectivity index (χ3v) is 4.87. The highest BCUT2D eigenvalue weighted by molar-refractivity contribution is 5.99. The quantitative estimate of drug-likeness (QED) is 0.880. The molecule has 1 aliphatic carbocycles. The molecule has 1 N–H and O–H groups in total. The number of carbonyl (C=O) groups excluding carboxylic acids is 1. The minimum Gasteiger partial charge on any atom is -0.375 e. The number of nitrogens with one attached hydrogen (secondary N) is 1. The van der Waals surface area contributed by atoms with E-state index in [2.05, 4.69) is 17.1 Å². The summed E-state index contributed by atoms with van der Waals surface area (Å²) in [5.74, 6) is 0.128. The monoisotopic (exact) mass is 298 g/mol. The number of hydrogen-bond acceptors (Lipinski definition) is 2. The van der Waals surface area contributed by atoms with Crippen LogP contribution in [0.1, 0.15) is 41.4 Å². The Morgan fingerprint density at radius 2 is 2.18 bits per heavy atom. The van der Waals surface area contributed by atoms with E-state index in [9.17, 15) is 4.79 Å². The zero-order valence-corrected chi connectivity index (χ0v) is 13.0. The Morgan fingerprint density at radius 3 is 3.05 bits per heavy atom. The molecule has 1 aromatic carbocycles. The van der Waals surface area contributed by atoms with Gasteiger partial charge < -0.3 is 14.6 Å². The van der Waals surface area contributed by atoms with Crippen LogP contribution >= 0.6 is 0 Å². The number of fused-ring (bicyclic) bond motifs is 3. The van der Waals surface area contributed by atoms with Gasteiger partial charge in [-0.25, -0.2) is 0 Å². The molecule has 0 bridgehead atoms. The summed E-state index contributed by atoms with van der Waals surface area (Å²) >= 11 is 0. The number of amides is 1. The van der Waals surface area contributed by atoms with Crippen LogP contribution in [0, 0.1) is 0 Å². The maximum absolute atomic E-state index is 12.7. The zero-order chi connectivity index (χ0) is 15.1. The van der Waals surface area contributed by atoms with Gasteiger partial charge in [0.25, 0.3) is 5.91 Å². The van der Waals surface area contributed by atoms with Gasteiger partial charge in [0.05, 0.1) is 12.7 Å². The summed E-state index contributed by atoms with van der Waals surface area (Å²) < 4.78 is 5.53. The summed E-state index contributed by atoms with van der Waals surface area (Å²) in [6, 6.07) is 6.09. The second-order valence-corrected chi connectivity index (χ2v) is 6.48. The molecule has 2 heterocycles. The van der Waals surface area contributed by atoms with Gasteiger partial charge in [-0.1, -0.05) is 0 Å². The second kappa shape index (κ2) is 5.43. The molecule has 0 spiro atoms. The molecule has 4 rings (SSSR count). The van der Waals surface area contributed by atoms with Crippen LogP contribution in [0.15, 0.2) is 18.2 Å². The van der Waals surface area contributed by atoms with E-state index in [1.165, 1.54) is 35.0 Å². The molecule has 2 aromatic rings. The molecule has 1 aliphatic heterocycles. The van der Waals surface area contributed by atoms with Gasteiger partial charge in [0, 0.05) is 35.2 Å². The van der Waals surface area contributed by atoms with Gasteiger partial charge >= 0.3 is 0 Å². The molecule has 4 heteroatoms. The predicted molar refractivity (Wildman–Crippen MR) is 86.3 cm³/mol. The van der Waals surface area contributed by atoms with Crippen molar-refractivity contribution in [2.24, 2.45) is 0 Å². The molecule has 1 aromatic heterocycles. The van der Waals surface area contributed by atoms with Crippen LogP contribution in [0.2, 0.25) is 0 Å². The lowest BCUT2D eigenvalue weighted by Gasteiger charge is -2.31. The summed E-state index contributed by atoms with van der Waals surface area (Å²) in [5, 5.41) is 1.24. The number of hydrogen-bond donors (Lipinski definition) is 1. The normalized spacial score (nSPS) is 21.9. The number of aromatic amines is 1. The van der Waals surface area contributed by atoms with Gasteiger partial charge in [-0.05, 0) is 56.4 Å². The van der Waals surface area contributed by atoms with E-state index in [1.54, 1.807) is 0 Å². The van der Waals surface area contributed by atoms with Crippen LogP contribution in [-0.4, -0.2) is 41.6 Å². The number of rotatable bonds is 1. The highest BCUT2D eigenvalue weighted by atomic mass is 16.5. The topological polar surface area (TPSA) is 45.3 Å². The fraction of sp³-hybridized carbons (Fsp3) is 0.500. The molecule has 1 fully saturated rings. The fourth-order valence-electron chi connectivity index (χ4n) is 3.72. The SMILES string of the molecule is C[C@@H]1CN(C(=O)c2ccc3[nH]c4c(c3c2)CCCC4)CCO1. The molecule has 2 aliphatic rings. The van der Waals surface area contributed by atoms with Crippen LogP contribution in [0.25, 0.3) is 10.9 Å². The predicted octanol–water partition coefficient (Wildman–Crippen LogP) is 2.91. The van der Waals surface area contributed by atoms with Crippen molar-refractivity contribution in [3.8, 4) is 0 Å². The first kappa shape index (κ1) is 13.8. The molecular formula is C18H22N2O2. The van der Waals surface area contributed by atoms with Crippen LogP contribution < -0.4 is 0 Å². The molecule has 0 radical (unpaired) electrons. The maximum Gasteiger partial charge on any atom is 0.254 e. The molecule has 116 valence electrons. The number of H-pyrrole nitrogens is 1. The minimum atomic E-state index is 0.126. The molecule has 22 heavy (non-hydrogen) atoms. The van der Waals surface area contributed by atoms with Crippen LogP contribution in [0.3, 0.4) is 0 Å². The van der Waals surface area contributed by atoms with E-state index in [1.807, 2.05) is 17.9 Å². The molecule has 1 atom stereocenters. The first-order valence-corrected chi connectivity index (χ1v) is 8.27. The van der Waals surface area contributed by atoms with Crippen molar-refractivity contribution in [1.29, 1.82) is 0 Å². The van der Waals surface area contributed by atoms with Gasteiger partial charge in [-0.3, -0.25) is 4.79 Å². The Bertz CT molecular complexity index is 719. The van der Waals surface area contributed by atoms with E-state index in [0.29, 0.717) is 19.7 Å². The molecule has 0 saturated carbocycles. The summed E-state index contributed by atoms with van der Waals surface area (Å²) in [6.07, 6.45) is 4.90. The first-order valence-electron chi connectivity index (χ1n) is 8.27. The zero-order valence-electron chi connectivity index (χ0n) is 13.0. The summed E-state index contributed by atoms with van der Waals surface area (Å²) in [7, 11) is 0. The van der Waals surface area contributed by atoms with Crippen LogP contribution in [0.5, 0.6) is 0 Å². The van der Waals surface area contributed by atoms with Crippen LogP contribution in [0.4, 0.5) is 0 Å². The number of carbonyl (C=O) groups is 1. The molecule has 4 nitrogen and oxygen atoms in total. The third-order valence-electron chi connectivity index (χ3n) is 4.87. The van der Waals surface area contributed by atoms with E-state index in [0.717, 1.165) is 18.4 Å². The highest BCUT2D eigenvalue weighted by Gasteiger charge is 2.23. The highest BCUT2D eigenvalue weighted by Crippen LogP contribution is 2.30. The number of morpholine rings is 1. The van der Waals surface area contributed by atoms with E-state index in [4.69, 9.17) is 4.74 Å². The molecular weight excluding hydrogens is 276 g/mol. The number of aryl methyl sites for hydroxylation is 2. The molecule has 1 amide bonds. The van der Waals surface area contributed by atoms with E-state index >= 15 is 0 Å². The summed E-state index contributed by atoms with van der Waals surface area (Å²) in [4.78, 5) is 18.2. The van der Waals surface area contributed by atoms with Gasteiger partial charge in [0.1, 0.15) is 0 Å². The first-order chi connectivity index (χ1) is 10.7. The van der Waals surface area contributed by atoms with E-state index in [-0.39, 0.29) is 12.0 Å². The van der Waals surface area contributed by atoms with Gasteiger partial charge in [-0.15, -0.1) is 0 Å². The summed E-state index contributed by atoms with van der Waals surface area (Å²) in [5.41, 5.74) is 4.75. The molecule has 1 saturated heterocycles. The fourth-order valence-corrected chi connectivity index (χ4v) is 3.72. The number of nitrogens with zero attached hydrogens (tertiary/aromatic N) is 1. The van der Waals surface area contributed by atoms with Crippen molar-refractivity contribution in [3.63, 3.8) is 0 Å². The van der Waals surface area contributed by atoms with E-state index < -0.39 is 0 Å². The van der Waals surface area contributed by atoms with Gasteiger partial charge in [0.2, 0.25) is 0 Å². The second-order valence-electron chi connectivity index (χ2n) is 6.48.